The highest BCUT2D eigenvalue weighted by atomic mass is 32.2. The molecule has 3 aromatic rings. The summed E-state index contributed by atoms with van der Waals surface area (Å²) in [6, 6.07) is 9.38. The summed E-state index contributed by atoms with van der Waals surface area (Å²) in [4.78, 5) is 11.9. The van der Waals surface area contributed by atoms with Crippen LogP contribution in [0.3, 0.4) is 0 Å². The van der Waals surface area contributed by atoms with Crippen molar-refractivity contribution in [3.8, 4) is 5.69 Å². The van der Waals surface area contributed by atoms with Crippen molar-refractivity contribution in [2.75, 3.05) is 12.8 Å². The molecule has 6 nitrogen and oxygen atoms in total. The minimum absolute atomic E-state index is 0.264. The molecule has 1 amide bonds. The van der Waals surface area contributed by atoms with Crippen LogP contribution in [0.4, 0.5) is 4.39 Å². The van der Waals surface area contributed by atoms with Crippen LogP contribution < -0.4 is 5.32 Å². The van der Waals surface area contributed by atoms with E-state index in [9.17, 15) is 9.18 Å². The average Bonchev–Trinajstić information content (AvgIpc) is 3.25. The molecule has 3 rings (SSSR count). The first kappa shape index (κ1) is 16.3. The number of rotatable bonds is 6. The molecule has 8 heteroatoms. The Morgan fingerprint density at radius 2 is 2.08 bits per heavy atom. The van der Waals surface area contributed by atoms with Gasteiger partial charge in [0.1, 0.15) is 11.6 Å². The molecule has 0 aliphatic rings. The van der Waals surface area contributed by atoms with E-state index in [1.54, 1.807) is 24.3 Å². The Hall–Kier alpha value is -2.61. The van der Waals surface area contributed by atoms with Gasteiger partial charge in [0, 0.05) is 18.7 Å². The second kappa shape index (κ2) is 7.31. The van der Waals surface area contributed by atoms with Crippen LogP contribution >= 0.6 is 11.8 Å². The van der Waals surface area contributed by atoms with E-state index >= 15 is 0 Å². The Morgan fingerprint density at radius 1 is 1.29 bits per heavy atom. The summed E-state index contributed by atoms with van der Waals surface area (Å²) in [6.07, 6.45) is 3.83. The smallest absolute Gasteiger partial charge is 0.286 e. The van der Waals surface area contributed by atoms with Gasteiger partial charge < -0.3 is 9.73 Å². The quantitative estimate of drug-likeness (QED) is 0.695. The minimum Gasteiger partial charge on any atom is -0.459 e. The highest BCUT2D eigenvalue weighted by Crippen LogP contribution is 2.20. The van der Waals surface area contributed by atoms with E-state index in [1.807, 2.05) is 10.8 Å². The van der Waals surface area contributed by atoms with Gasteiger partial charge in [-0.1, -0.05) is 11.8 Å². The Kier molecular flexibility index (Phi) is 4.95. The van der Waals surface area contributed by atoms with Crippen LogP contribution in [0, 0.1) is 5.82 Å². The van der Waals surface area contributed by atoms with Crippen molar-refractivity contribution < 1.29 is 13.6 Å². The van der Waals surface area contributed by atoms with Crippen molar-refractivity contribution in [2.45, 2.75) is 11.6 Å². The van der Waals surface area contributed by atoms with Crippen molar-refractivity contribution in [3.05, 3.63) is 60.1 Å². The number of benzene rings is 1. The summed E-state index contributed by atoms with van der Waals surface area (Å²) in [5, 5.41) is 11.8. The van der Waals surface area contributed by atoms with Crippen molar-refractivity contribution in [3.63, 3.8) is 0 Å². The van der Waals surface area contributed by atoms with E-state index < -0.39 is 0 Å². The number of hydrogen-bond donors (Lipinski definition) is 1. The molecular formula is C16H15FN4O2S. The molecular weight excluding hydrogens is 331 g/mol. The highest BCUT2D eigenvalue weighted by molar-refractivity contribution is 7.98. The maximum absolute atomic E-state index is 13.1. The minimum atomic E-state index is -0.301. The maximum Gasteiger partial charge on any atom is 0.286 e. The van der Waals surface area contributed by atoms with Gasteiger partial charge in [0.15, 0.2) is 10.9 Å². The lowest BCUT2D eigenvalue weighted by atomic mass is 10.3. The number of carbonyl (C=O) groups excluding carboxylic acids is 1. The van der Waals surface area contributed by atoms with Gasteiger partial charge in [-0.25, -0.2) is 4.39 Å². The normalized spacial score (nSPS) is 10.8. The monoisotopic (exact) mass is 346 g/mol. The predicted octanol–water partition coefficient (Wildman–Crippen LogP) is 2.69. The number of hydrogen-bond acceptors (Lipinski definition) is 5. The first-order chi connectivity index (χ1) is 11.7. The molecule has 0 aliphatic carbocycles. The summed E-state index contributed by atoms with van der Waals surface area (Å²) < 4.78 is 20.0. The number of nitrogens with one attached hydrogen (secondary N) is 1. The third-order valence-corrected chi connectivity index (χ3v) is 3.98. The zero-order valence-corrected chi connectivity index (χ0v) is 13.7. The standard InChI is InChI=1S/C16H15FN4O2S/c1-24-16-20-19-14(21(16)12-6-4-11(17)5-7-12)8-9-18-15(22)13-3-2-10-23-13/h2-7,10H,8-9H2,1H3,(H,18,22). The first-order valence-corrected chi connectivity index (χ1v) is 8.47. The molecule has 0 saturated heterocycles. The topological polar surface area (TPSA) is 73.0 Å². The lowest BCUT2D eigenvalue weighted by molar-refractivity contribution is 0.0926. The molecule has 0 bridgehead atoms. The molecule has 0 unspecified atom stereocenters. The number of carbonyl (C=O) groups is 1. The fraction of sp³-hybridized carbons (Fsp3) is 0.188. The Labute approximate surface area is 142 Å². The van der Waals surface area contributed by atoms with E-state index in [1.165, 1.54) is 30.2 Å². The van der Waals surface area contributed by atoms with Gasteiger partial charge >= 0.3 is 0 Å². The summed E-state index contributed by atoms with van der Waals surface area (Å²) >= 11 is 1.45. The predicted molar refractivity (Wildman–Crippen MR) is 87.8 cm³/mol. The largest absolute Gasteiger partial charge is 0.459 e. The summed E-state index contributed by atoms with van der Waals surface area (Å²) in [5.74, 6) is 0.369. The molecule has 0 atom stereocenters. The first-order valence-electron chi connectivity index (χ1n) is 7.25. The third kappa shape index (κ3) is 3.48. The van der Waals surface area contributed by atoms with E-state index in [0.717, 1.165) is 5.69 Å². The summed E-state index contributed by atoms with van der Waals surface area (Å²) in [7, 11) is 0. The van der Waals surface area contributed by atoms with Crippen LogP contribution in [-0.2, 0) is 6.42 Å². The molecule has 0 fully saturated rings. The molecule has 2 aromatic heterocycles. The molecule has 0 aliphatic heterocycles. The number of halogens is 1. The molecule has 0 saturated carbocycles. The van der Waals surface area contributed by atoms with Gasteiger partial charge in [0.05, 0.1) is 6.26 Å². The van der Waals surface area contributed by atoms with Crippen LogP contribution in [0.2, 0.25) is 0 Å². The van der Waals surface area contributed by atoms with Gasteiger partial charge in [-0.15, -0.1) is 10.2 Å². The van der Waals surface area contributed by atoms with Crippen LogP contribution in [0.1, 0.15) is 16.4 Å². The molecule has 2 heterocycles. The Morgan fingerprint density at radius 3 is 2.75 bits per heavy atom. The van der Waals surface area contributed by atoms with Crippen LogP contribution in [-0.4, -0.2) is 33.5 Å². The molecule has 1 aromatic carbocycles. The lowest BCUT2D eigenvalue weighted by Gasteiger charge is -2.09. The second-order valence-corrected chi connectivity index (χ2v) is 5.67. The van der Waals surface area contributed by atoms with Gasteiger partial charge in [0.25, 0.3) is 5.91 Å². The van der Waals surface area contributed by atoms with Gasteiger partial charge in [0.2, 0.25) is 0 Å². The van der Waals surface area contributed by atoms with E-state index in [0.29, 0.717) is 23.9 Å². The maximum atomic E-state index is 13.1. The van der Waals surface area contributed by atoms with Gasteiger partial charge in [-0.3, -0.25) is 9.36 Å². The number of nitrogens with zero attached hydrogens (tertiary/aromatic N) is 3. The van der Waals surface area contributed by atoms with Crippen molar-refractivity contribution >= 4 is 17.7 Å². The zero-order chi connectivity index (χ0) is 16.9. The van der Waals surface area contributed by atoms with Crippen molar-refractivity contribution in [2.24, 2.45) is 0 Å². The third-order valence-electron chi connectivity index (χ3n) is 3.35. The number of thioether (sulfide) groups is 1. The number of amides is 1. The molecule has 1 N–H and O–H groups in total. The van der Waals surface area contributed by atoms with E-state index in [2.05, 4.69) is 15.5 Å². The average molecular weight is 346 g/mol. The number of aromatic nitrogens is 3. The highest BCUT2D eigenvalue weighted by Gasteiger charge is 2.14. The van der Waals surface area contributed by atoms with Crippen LogP contribution in [0.25, 0.3) is 5.69 Å². The Balaban J connectivity index is 1.73. The Bertz CT molecular complexity index is 815. The van der Waals surface area contributed by atoms with E-state index in [-0.39, 0.29) is 17.5 Å². The van der Waals surface area contributed by atoms with Crippen molar-refractivity contribution in [1.82, 2.24) is 20.1 Å². The fourth-order valence-electron chi connectivity index (χ4n) is 2.23. The fourth-order valence-corrected chi connectivity index (χ4v) is 2.74. The summed E-state index contributed by atoms with van der Waals surface area (Å²) in [5.41, 5.74) is 0.776. The van der Waals surface area contributed by atoms with E-state index in [4.69, 9.17) is 4.42 Å². The number of furan rings is 1. The summed E-state index contributed by atoms with van der Waals surface area (Å²) in [6.45, 7) is 0.382. The van der Waals surface area contributed by atoms with Crippen molar-refractivity contribution in [1.29, 1.82) is 0 Å². The van der Waals surface area contributed by atoms with Crippen LogP contribution in [0.15, 0.2) is 52.2 Å². The van der Waals surface area contributed by atoms with Gasteiger partial charge in [-0.2, -0.15) is 0 Å². The second-order valence-electron chi connectivity index (χ2n) is 4.90. The van der Waals surface area contributed by atoms with Crippen LogP contribution in [0.5, 0.6) is 0 Å². The SMILES string of the molecule is CSc1nnc(CCNC(=O)c2ccco2)n1-c1ccc(F)cc1. The molecule has 124 valence electrons. The molecule has 24 heavy (non-hydrogen) atoms. The van der Waals surface area contributed by atoms with Gasteiger partial charge in [-0.05, 0) is 42.7 Å². The zero-order valence-electron chi connectivity index (χ0n) is 12.9. The molecule has 0 spiro atoms. The lowest BCUT2D eigenvalue weighted by Crippen LogP contribution is -2.26. The molecule has 0 radical (unpaired) electrons.